The number of aryl methyl sites for hydroxylation is 1. The zero-order chi connectivity index (χ0) is 13.8. The first-order valence-electron chi connectivity index (χ1n) is 6.97. The number of amides is 1. The first-order chi connectivity index (χ1) is 9.15. The summed E-state index contributed by atoms with van der Waals surface area (Å²) in [5.74, 6) is 0.744. The van der Waals surface area contributed by atoms with Gasteiger partial charge in [0.25, 0.3) is 5.91 Å². The molecule has 0 radical (unpaired) electrons. The van der Waals surface area contributed by atoms with E-state index < -0.39 is 0 Å². The number of likely N-dealkylation sites (N-methyl/N-ethyl adjacent to an activating group) is 1. The van der Waals surface area contributed by atoms with Crippen LogP contribution in [0.2, 0.25) is 0 Å². The van der Waals surface area contributed by atoms with Gasteiger partial charge in [0.05, 0.1) is 5.56 Å². The highest BCUT2D eigenvalue weighted by molar-refractivity contribution is 5.93. The fourth-order valence-corrected chi connectivity index (χ4v) is 2.65. The van der Waals surface area contributed by atoms with Gasteiger partial charge in [0.15, 0.2) is 0 Å². The normalized spacial score (nSPS) is 19.2. The number of rotatable bonds is 4. The van der Waals surface area contributed by atoms with Crippen LogP contribution >= 0.6 is 0 Å². The van der Waals surface area contributed by atoms with E-state index in [4.69, 9.17) is 0 Å². The van der Waals surface area contributed by atoms with Crippen molar-refractivity contribution in [2.24, 2.45) is 0 Å². The average Bonchev–Trinajstić information content (AvgIpc) is 2.90. The molecule has 1 aliphatic rings. The van der Waals surface area contributed by atoms with Gasteiger partial charge in [-0.05, 0) is 26.4 Å². The fraction of sp³-hybridized carbons (Fsp3) is 0.643. The number of aromatic nitrogens is 2. The van der Waals surface area contributed by atoms with Crippen LogP contribution in [0.3, 0.4) is 0 Å². The molecule has 0 aliphatic carbocycles. The summed E-state index contributed by atoms with van der Waals surface area (Å²) < 4.78 is 0. The average molecular weight is 262 g/mol. The Morgan fingerprint density at radius 1 is 1.37 bits per heavy atom. The zero-order valence-electron chi connectivity index (χ0n) is 12.0. The highest BCUT2D eigenvalue weighted by atomic mass is 16.2. The summed E-state index contributed by atoms with van der Waals surface area (Å²) in [6.07, 6.45) is 4.30. The quantitative estimate of drug-likeness (QED) is 0.821. The molecule has 0 saturated carbocycles. The number of carbonyl (C=O) groups excluding carboxylic acids is 1. The van der Waals surface area contributed by atoms with Gasteiger partial charge in [0, 0.05) is 31.5 Å². The van der Waals surface area contributed by atoms with E-state index in [9.17, 15) is 4.79 Å². The van der Waals surface area contributed by atoms with Gasteiger partial charge in [-0.3, -0.25) is 9.69 Å². The van der Waals surface area contributed by atoms with Crippen molar-refractivity contribution in [1.29, 1.82) is 0 Å². The molecular weight excluding hydrogens is 240 g/mol. The second kappa shape index (κ2) is 6.10. The van der Waals surface area contributed by atoms with Crippen LogP contribution < -0.4 is 0 Å². The second-order valence-corrected chi connectivity index (χ2v) is 4.93. The van der Waals surface area contributed by atoms with Gasteiger partial charge in [0.2, 0.25) is 0 Å². The van der Waals surface area contributed by atoms with Crippen LogP contribution in [0.25, 0.3) is 0 Å². The van der Waals surface area contributed by atoms with Crippen molar-refractivity contribution in [3.8, 4) is 0 Å². The molecule has 0 N–H and O–H groups in total. The molecule has 5 heteroatoms. The Labute approximate surface area is 114 Å². The third-order valence-corrected chi connectivity index (χ3v) is 3.81. The summed E-state index contributed by atoms with van der Waals surface area (Å²) in [5.41, 5.74) is 0.589. The smallest absolute Gasteiger partial charge is 0.257 e. The van der Waals surface area contributed by atoms with Gasteiger partial charge in [-0.15, -0.1) is 0 Å². The molecule has 0 aromatic carbocycles. The van der Waals surface area contributed by atoms with Crippen molar-refractivity contribution in [3.63, 3.8) is 0 Å². The highest BCUT2D eigenvalue weighted by Gasteiger charge is 2.29. The Bertz CT molecular complexity index is 428. The van der Waals surface area contributed by atoms with E-state index in [0.717, 1.165) is 32.6 Å². The number of hydrogen-bond acceptors (Lipinski definition) is 4. The highest BCUT2D eigenvalue weighted by Crippen LogP contribution is 2.17. The van der Waals surface area contributed by atoms with Crippen molar-refractivity contribution < 1.29 is 4.79 Å². The third kappa shape index (κ3) is 3.10. The van der Waals surface area contributed by atoms with Crippen LogP contribution in [-0.2, 0) is 0 Å². The molecule has 0 spiro atoms. The zero-order valence-corrected chi connectivity index (χ0v) is 12.0. The first kappa shape index (κ1) is 13.9. The molecule has 1 unspecified atom stereocenters. The molecule has 1 atom stereocenters. The van der Waals surface area contributed by atoms with Gasteiger partial charge < -0.3 is 4.90 Å². The summed E-state index contributed by atoms with van der Waals surface area (Å²) >= 11 is 0. The van der Waals surface area contributed by atoms with Crippen molar-refractivity contribution >= 4 is 5.91 Å². The topological polar surface area (TPSA) is 49.3 Å². The van der Waals surface area contributed by atoms with Gasteiger partial charge in [-0.1, -0.05) is 13.8 Å². The molecule has 2 heterocycles. The van der Waals surface area contributed by atoms with Gasteiger partial charge in [0.1, 0.15) is 5.82 Å². The first-order valence-corrected chi connectivity index (χ1v) is 6.97. The summed E-state index contributed by atoms with van der Waals surface area (Å²) in [6, 6.07) is 0.491. The lowest BCUT2D eigenvalue weighted by Gasteiger charge is -2.26. The van der Waals surface area contributed by atoms with Crippen molar-refractivity contribution in [3.05, 3.63) is 23.8 Å². The maximum atomic E-state index is 12.3. The van der Waals surface area contributed by atoms with E-state index in [1.54, 1.807) is 12.4 Å². The Hall–Kier alpha value is -1.49. The third-order valence-electron chi connectivity index (χ3n) is 3.81. The summed E-state index contributed by atoms with van der Waals surface area (Å²) in [4.78, 5) is 24.8. The lowest BCUT2D eigenvalue weighted by Crippen LogP contribution is -2.38. The van der Waals surface area contributed by atoms with E-state index >= 15 is 0 Å². The summed E-state index contributed by atoms with van der Waals surface area (Å²) in [5, 5.41) is 0. The van der Waals surface area contributed by atoms with E-state index in [1.807, 2.05) is 11.8 Å². The molecular formula is C14H22N4O. The van der Waals surface area contributed by atoms with E-state index in [1.165, 1.54) is 0 Å². The minimum Gasteiger partial charge on any atom is -0.337 e. The molecule has 0 bridgehead atoms. The molecule has 1 aromatic heterocycles. The molecule has 1 amide bonds. The number of carbonyl (C=O) groups is 1. The van der Waals surface area contributed by atoms with Crippen LogP contribution in [0.5, 0.6) is 0 Å². The van der Waals surface area contributed by atoms with Gasteiger partial charge in [-0.25, -0.2) is 9.97 Å². The van der Waals surface area contributed by atoms with Crippen molar-refractivity contribution in [2.45, 2.75) is 33.2 Å². The Morgan fingerprint density at radius 3 is 2.58 bits per heavy atom. The molecule has 104 valence electrons. The van der Waals surface area contributed by atoms with E-state index in [-0.39, 0.29) is 5.91 Å². The maximum absolute atomic E-state index is 12.3. The predicted octanol–water partition coefficient (Wildman–Crippen LogP) is 1.34. The largest absolute Gasteiger partial charge is 0.337 e. The molecule has 19 heavy (non-hydrogen) atoms. The van der Waals surface area contributed by atoms with Gasteiger partial charge in [-0.2, -0.15) is 0 Å². The minimum absolute atomic E-state index is 0.0506. The van der Waals surface area contributed by atoms with Crippen molar-refractivity contribution in [2.75, 3.05) is 26.2 Å². The van der Waals surface area contributed by atoms with E-state index in [2.05, 4.69) is 28.7 Å². The molecule has 1 aromatic rings. The van der Waals surface area contributed by atoms with Crippen LogP contribution in [0.1, 0.15) is 36.5 Å². The Balaban J connectivity index is 2.00. The van der Waals surface area contributed by atoms with Gasteiger partial charge >= 0.3 is 0 Å². The lowest BCUT2D eigenvalue weighted by molar-refractivity contribution is 0.0777. The fourth-order valence-electron chi connectivity index (χ4n) is 2.65. The maximum Gasteiger partial charge on any atom is 0.257 e. The second-order valence-electron chi connectivity index (χ2n) is 4.93. The molecule has 5 nitrogen and oxygen atoms in total. The van der Waals surface area contributed by atoms with Crippen LogP contribution in [0.15, 0.2) is 12.4 Å². The number of nitrogens with zero attached hydrogens (tertiary/aromatic N) is 4. The SMILES string of the molecule is CCN(CC)C1CCN(C(=O)c2cnc(C)nc2)C1. The predicted molar refractivity (Wildman–Crippen MR) is 74.0 cm³/mol. The summed E-state index contributed by atoms with van der Waals surface area (Å²) in [7, 11) is 0. The standard InChI is InChI=1S/C14H22N4O/c1-4-17(5-2)13-6-7-18(10-13)14(19)12-8-15-11(3)16-9-12/h8-9,13H,4-7,10H2,1-3H3. The lowest BCUT2D eigenvalue weighted by atomic mass is 10.2. The monoisotopic (exact) mass is 262 g/mol. The summed E-state index contributed by atoms with van der Waals surface area (Å²) in [6.45, 7) is 9.88. The molecule has 1 fully saturated rings. The van der Waals surface area contributed by atoms with Crippen LogP contribution in [0, 0.1) is 6.92 Å². The molecule has 2 rings (SSSR count). The van der Waals surface area contributed by atoms with E-state index in [0.29, 0.717) is 17.4 Å². The number of likely N-dealkylation sites (tertiary alicyclic amines) is 1. The van der Waals surface area contributed by atoms with Crippen LogP contribution in [-0.4, -0.2) is 57.9 Å². The van der Waals surface area contributed by atoms with Crippen molar-refractivity contribution in [1.82, 2.24) is 19.8 Å². The molecule has 1 aliphatic heterocycles. The molecule has 1 saturated heterocycles. The Morgan fingerprint density at radius 2 is 2.00 bits per heavy atom. The Kier molecular flexibility index (Phi) is 4.47. The van der Waals surface area contributed by atoms with Crippen LogP contribution in [0.4, 0.5) is 0 Å². The number of hydrogen-bond donors (Lipinski definition) is 0. The minimum atomic E-state index is 0.0506.